The van der Waals surface area contributed by atoms with E-state index >= 15 is 0 Å². The Kier molecular flexibility index (Phi) is 3.24. The first-order valence-corrected chi connectivity index (χ1v) is 5.64. The van der Waals surface area contributed by atoms with E-state index in [-0.39, 0.29) is 5.82 Å². The fourth-order valence-electron chi connectivity index (χ4n) is 1.36. The van der Waals surface area contributed by atoms with E-state index in [1.165, 1.54) is 6.07 Å². The minimum Gasteiger partial charge on any atom is -0.379 e. The molecule has 1 heterocycles. The molecule has 0 spiro atoms. The Bertz CT molecular complexity index is 496. The van der Waals surface area contributed by atoms with Crippen molar-refractivity contribution in [2.24, 2.45) is 0 Å². The third-order valence-electron chi connectivity index (χ3n) is 2.16. The Labute approximate surface area is 101 Å². The quantitative estimate of drug-likeness (QED) is 0.908. The average Bonchev–Trinajstić information content (AvgIpc) is 2.66. The van der Waals surface area contributed by atoms with Crippen molar-refractivity contribution in [2.75, 3.05) is 5.32 Å². The lowest BCUT2D eigenvalue weighted by atomic mass is 10.3. The van der Waals surface area contributed by atoms with E-state index < -0.39 is 0 Å². The number of aromatic amines is 1. The molecule has 2 aromatic rings. The minimum absolute atomic E-state index is 0.261. The molecule has 2 N–H and O–H groups in total. The van der Waals surface area contributed by atoms with Crippen LogP contribution < -0.4 is 5.32 Å². The third kappa shape index (κ3) is 2.61. The van der Waals surface area contributed by atoms with Crippen LogP contribution in [0.15, 0.2) is 28.9 Å². The van der Waals surface area contributed by atoms with Gasteiger partial charge < -0.3 is 10.3 Å². The summed E-state index contributed by atoms with van der Waals surface area (Å²) < 4.78 is 13.4. The van der Waals surface area contributed by atoms with E-state index in [1.807, 2.05) is 6.92 Å². The molecule has 84 valence electrons. The first kappa shape index (κ1) is 11.1. The SMILES string of the molecule is Cc1ncc(CNc2ccc(F)c(Br)c2)[nH]1. The van der Waals surface area contributed by atoms with Gasteiger partial charge in [-0.2, -0.15) is 0 Å². The second kappa shape index (κ2) is 4.65. The van der Waals surface area contributed by atoms with Crippen molar-refractivity contribution >= 4 is 21.6 Å². The van der Waals surface area contributed by atoms with Gasteiger partial charge in [-0.3, -0.25) is 0 Å². The largest absolute Gasteiger partial charge is 0.379 e. The van der Waals surface area contributed by atoms with Gasteiger partial charge >= 0.3 is 0 Å². The molecule has 0 bridgehead atoms. The lowest BCUT2D eigenvalue weighted by Crippen LogP contribution is -1.99. The van der Waals surface area contributed by atoms with Crippen LogP contribution in [0, 0.1) is 12.7 Å². The highest BCUT2D eigenvalue weighted by Gasteiger charge is 2.01. The van der Waals surface area contributed by atoms with Gasteiger partial charge in [0.25, 0.3) is 0 Å². The molecule has 0 aliphatic carbocycles. The van der Waals surface area contributed by atoms with Crippen LogP contribution in [0.1, 0.15) is 11.5 Å². The molecule has 3 nitrogen and oxygen atoms in total. The summed E-state index contributed by atoms with van der Waals surface area (Å²) in [6, 6.07) is 4.83. The Morgan fingerprint density at radius 2 is 2.31 bits per heavy atom. The number of aryl methyl sites for hydroxylation is 1. The number of nitrogens with zero attached hydrogens (tertiary/aromatic N) is 1. The summed E-state index contributed by atoms with van der Waals surface area (Å²) in [6.45, 7) is 2.54. The molecule has 0 fully saturated rings. The first-order valence-electron chi connectivity index (χ1n) is 4.84. The molecule has 5 heteroatoms. The van der Waals surface area contributed by atoms with Gasteiger partial charge in [0.15, 0.2) is 0 Å². The van der Waals surface area contributed by atoms with E-state index in [1.54, 1.807) is 18.3 Å². The normalized spacial score (nSPS) is 10.4. The Morgan fingerprint density at radius 3 is 2.94 bits per heavy atom. The Morgan fingerprint density at radius 1 is 1.50 bits per heavy atom. The molecule has 0 radical (unpaired) electrons. The Hall–Kier alpha value is -1.36. The smallest absolute Gasteiger partial charge is 0.137 e. The molecular formula is C11H11BrFN3. The molecule has 0 saturated heterocycles. The molecule has 1 aromatic carbocycles. The van der Waals surface area contributed by atoms with Gasteiger partial charge in [-0.15, -0.1) is 0 Å². The number of nitrogens with one attached hydrogen (secondary N) is 2. The molecule has 0 saturated carbocycles. The van der Waals surface area contributed by atoms with Gasteiger partial charge in [-0.1, -0.05) is 0 Å². The van der Waals surface area contributed by atoms with Gasteiger partial charge in [-0.05, 0) is 41.1 Å². The van der Waals surface area contributed by atoms with Crippen LogP contribution >= 0.6 is 15.9 Å². The van der Waals surface area contributed by atoms with E-state index in [4.69, 9.17) is 0 Å². The highest BCUT2D eigenvalue weighted by molar-refractivity contribution is 9.10. The molecule has 0 amide bonds. The van der Waals surface area contributed by atoms with E-state index in [9.17, 15) is 4.39 Å². The van der Waals surface area contributed by atoms with Crippen LogP contribution in [0.3, 0.4) is 0 Å². The van der Waals surface area contributed by atoms with E-state index in [0.717, 1.165) is 17.2 Å². The van der Waals surface area contributed by atoms with Gasteiger partial charge in [0.2, 0.25) is 0 Å². The van der Waals surface area contributed by atoms with E-state index in [0.29, 0.717) is 11.0 Å². The van der Waals surface area contributed by atoms with E-state index in [2.05, 4.69) is 31.2 Å². The summed E-state index contributed by atoms with van der Waals surface area (Å²) in [5.41, 5.74) is 1.86. The van der Waals surface area contributed by atoms with Crippen molar-refractivity contribution in [1.29, 1.82) is 0 Å². The number of hydrogen-bond acceptors (Lipinski definition) is 2. The maximum absolute atomic E-state index is 13.0. The molecule has 0 aliphatic rings. The number of anilines is 1. The zero-order chi connectivity index (χ0) is 11.5. The number of aromatic nitrogens is 2. The lowest BCUT2D eigenvalue weighted by molar-refractivity contribution is 0.621. The van der Waals surface area contributed by atoms with Crippen LogP contribution in [0.2, 0.25) is 0 Å². The summed E-state index contributed by atoms with van der Waals surface area (Å²) in [6.07, 6.45) is 1.78. The monoisotopic (exact) mass is 283 g/mol. The summed E-state index contributed by atoms with van der Waals surface area (Å²) in [5, 5.41) is 3.17. The van der Waals surface area contributed by atoms with Crippen LogP contribution in [0.25, 0.3) is 0 Å². The number of H-pyrrole nitrogens is 1. The third-order valence-corrected chi connectivity index (χ3v) is 2.77. The van der Waals surface area contributed by atoms with Crippen molar-refractivity contribution in [2.45, 2.75) is 13.5 Å². The minimum atomic E-state index is -0.261. The van der Waals surface area contributed by atoms with Gasteiger partial charge in [-0.25, -0.2) is 9.37 Å². The van der Waals surface area contributed by atoms with Crippen molar-refractivity contribution < 1.29 is 4.39 Å². The summed E-state index contributed by atoms with van der Waals surface area (Å²) >= 11 is 3.14. The molecule has 1 aromatic heterocycles. The number of rotatable bonds is 3. The second-order valence-electron chi connectivity index (χ2n) is 3.48. The predicted octanol–water partition coefficient (Wildman–Crippen LogP) is 3.23. The second-order valence-corrected chi connectivity index (χ2v) is 4.33. The fourth-order valence-corrected chi connectivity index (χ4v) is 1.74. The molecule has 16 heavy (non-hydrogen) atoms. The number of imidazole rings is 1. The zero-order valence-electron chi connectivity index (χ0n) is 8.72. The van der Waals surface area contributed by atoms with Crippen LogP contribution in [-0.4, -0.2) is 9.97 Å². The highest BCUT2D eigenvalue weighted by Crippen LogP contribution is 2.20. The number of benzene rings is 1. The first-order chi connectivity index (χ1) is 7.65. The maximum Gasteiger partial charge on any atom is 0.137 e. The van der Waals surface area contributed by atoms with Gasteiger partial charge in [0.1, 0.15) is 11.6 Å². The molecule has 2 rings (SSSR count). The zero-order valence-corrected chi connectivity index (χ0v) is 10.3. The van der Waals surface area contributed by atoms with Crippen molar-refractivity contribution in [3.63, 3.8) is 0 Å². The number of hydrogen-bond donors (Lipinski definition) is 2. The predicted molar refractivity (Wildman–Crippen MR) is 64.8 cm³/mol. The van der Waals surface area contributed by atoms with Crippen LogP contribution in [0.4, 0.5) is 10.1 Å². The van der Waals surface area contributed by atoms with Gasteiger partial charge in [0.05, 0.1) is 22.9 Å². The van der Waals surface area contributed by atoms with Gasteiger partial charge in [0, 0.05) is 5.69 Å². The molecule has 0 unspecified atom stereocenters. The topological polar surface area (TPSA) is 40.7 Å². The fraction of sp³-hybridized carbons (Fsp3) is 0.182. The summed E-state index contributed by atoms with van der Waals surface area (Å²) in [4.78, 5) is 7.21. The molecule has 0 aliphatic heterocycles. The van der Waals surface area contributed by atoms with Crippen LogP contribution in [-0.2, 0) is 6.54 Å². The maximum atomic E-state index is 13.0. The number of halogens is 2. The summed E-state index contributed by atoms with van der Waals surface area (Å²) in [5.74, 6) is 0.625. The molecule has 0 atom stereocenters. The van der Waals surface area contributed by atoms with Crippen molar-refractivity contribution in [3.8, 4) is 0 Å². The van der Waals surface area contributed by atoms with Crippen molar-refractivity contribution in [3.05, 3.63) is 46.2 Å². The summed E-state index contributed by atoms with van der Waals surface area (Å²) in [7, 11) is 0. The van der Waals surface area contributed by atoms with Crippen molar-refractivity contribution in [1.82, 2.24) is 9.97 Å². The van der Waals surface area contributed by atoms with Crippen LogP contribution in [0.5, 0.6) is 0 Å². The highest BCUT2D eigenvalue weighted by atomic mass is 79.9. The Balaban J connectivity index is 2.02. The average molecular weight is 284 g/mol. The molecular weight excluding hydrogens is 273 g/mol. The standard InChI is InChI=1S/C11H11BrFN3/c1-7-14-5-9(16-7)6-15-8-2-3-11(13)10(12)4-8/h2-5,15H,6H2,1H3,(H,14,16). The lowest BCUT2D eigenvalue weighted by Gasteiger charge is -2.05.